The van der Waals surface area contributed by atoms with Crippen molar-refractivity contribution < 1.29 is 13.2 Å². The molecule has 6 heteroatoms. The zero-order chi connectivity index (χ0) is 18.0. The van der Waals surface area contributed by atoms with E-state index in [1.165, 1.54) is 12.3 Å². The van der Waals surface area contributed by atoms with Crippen LogP contribution in [0.3, 0.4) is 0 Å². The number of hydrogen-bond acceptors (Lipinski definition) is 3. The molecule has 1 aromatic carbocycles. The van der Waals surface area contributed by atoms with E-state index in [9.17, 15) is 13.2 Å². The number of halogens is 3. The molecule has 1 fully saturated rings. The fourth-order valence-electron chi connectivity index (χ4n) is 3.29. The normalized spacial score (nSPS) is 19.4. The molecule has 2 heterocycles. The maximum atomic E-state index is 12.9. The Morgan fingerprint density at radius 3 is 2.72 bits per heavy atom. The number of rotatable bonds is 3. The third-order valence-corrected chi connectivity index (χ3v) is 4.74. The van der Waals surface area contributed by atoms with E-state index in [1.54, 1.807) is 12.3 Å². The van der Waals surface area contributed by atoms with Crippen molar-refractivity contribution in [3.8, 4) is 11.3 Å². The number of hydrogen-bond donors (Lipinski definition) is 0. The minimum Gasteiger partial charge on any atom is -0.300 e. The Morgan fingerprint density at radius 1 is 1.20 bits per heavy atom. The Balaban J connectivity index is 1.87. The van der Waals surface area contributed by atoms with E-state index < -0.39 is 11.7 Å². The first-order chi connectivity index (χ1) is 11.8. The first-order valence-corrected chi connectivity index (χ1v) is 8.58. The number of nitrogens with zero attached hydrogens (tertiary/aromatic N) is 3. The van der Waals surface area contributed by atoms with Crippen molar-refractivity contribution >= 4 is 0 Å². The highest BCUT2D eigenvalue weighted by Gasteiger charge is 2.30. The van der Waals surface area contributed by atoms with Gasteiger partial charge >= 0.3 is 6.18 Å². The van der Waals surface area contributed by atoms with Gasteiger partial charge in [-0.05, 0) is 45.4 Å². The van der Waals surface area contributed by atoms with E-state index in [0.717, 1.165) is 43.8 Å². The van der Waals surface area contributed by atoms with Crippen LogP contribution in [0.5, 0.6) is 0 Å². The molecule has 1 saturated heterocycles. The fraction of sp³-hybridized carbons (Fsp3) is 0.474. The lowest BCUT2D eigenvalue weighted by atomic mass is 9.94. The van der Waals surface area contributed by atoms with Gasteiger partial charge in [-0.15, -0.1) is 0 Å². The van der Waals surface area contributed by atoms with Crippen molar-refractivity contribution in [1.29, 1.82) is 0 Å². The molecule has 1 aromatic heterocycles. The van der Waals surface area contributed by atoms with Crippen molar-refractivity contribution in [3.63, 3.8) is 0 Å². The molecule has 1 aliphatic rings. The van der Waals surface area contributed by atoms with Crippen LogP contribution in [0, 0.1) is 0 Å². The molecule has 134 valence electrons. The van der Waals surface area contributed by atoms with E-state index in [2.05, 4.69) is 28.7 Å². The Bertz CT molecular complexity index is 728. The summed E-state index contributed by atoms with van der Waals surface area (Å²) in [5.74, 6) is 0.273. The molecule has 0 bridgehead atoms. The van der Waals surface area contributed by atoms with Crippen molar-refractivity contribution in [1.82, 2.24) is 14.9 Å². The zero-order valence-corrected chi connectivity index (χ0v) is 14.4. The van der Waals surface area contributed by atoms with E-state index in [0.29, 0.717) is 17.3 Å². The summed E-state index contributed by atoms with van der Waals surface area (Å²) in [6, 6.07) is 5.73. The number of piperidine rings is 1. The topological polar surface area (TPSA) is 29.0 Å². The van der Waals surface area contributed by atoms with Gasteiger partial charge in [0, 0.05) is 30.3 Å². The first kappa shape index (κ1) is 17.9. The number of likely N-dealkylation sites (tertiary alicyclic amines) is 1. The predicted molar refractivity (Wildman–Crippen MR) is 91.2 cm³/mol. The van der Waals surface area contributed by atoms with Crippen molar-refractivity contribution in [3.05, 3.63) is 47.9 Å². The Hall–Kier alpha value is -1.95. The molecule has 0 amide bonds. The summed E-state index contributed by atoms with van der Waals surface area (Å²) < 4.78 is 38.8. The molecule has 3 nitrogen and oxygen atoms in total. The smallest absolute Gasteiger partial charge is 0.300 e. The number of alkyl halides is 3. The quantitative estimate of drug-likeness (QED) is 0.801. The third kappa shape index (κ3) is 4.18. The van der Waals surface area contributed by atoms with E-state index in [-0.39, 0.29) is 5.92 Å². The molecule has 3 rings (SSSR count). The Morgan fingerprint density at radius 2 is 2.00 bits per heavy atom. The van der Waals surface area contributed by atoms with Crippen LogP contribution in [0.15, 0.2) is 36.7 Å². The lowest BCUT2D eigenvalue weighted by Gasteiger charge is -2.35. The maximum absolute atomic E-state index is 12.9. The molecule has 25 heavy (non-hydrogen) atoms. The van der Waals surface area contributed by atoms with Gasteiger partial charge in [-0.1, -0.05) is 12.1 Å². The van der Waals surface area contributed by atoms with Crippen LogP contribution < -0.4 is 0 Å². The zero-order valence-electron chi connectivity index (χ0n) is 14.4. The average Bonchev–Trinajstić information content (AvgIpc) is 2.61. The molecule has 2 aromatic rings. The predicted octanol–water partition coefficient (Wildman–Crippen LogP) is 4.75. The monoisotopic (exact) mass is 349 g/mol. The van der Waals surface area contributed by atoms with E-state index in [4.69, 9.17) is 0 Å². The van der Waals surface area contributed by atoms with Crippen LogP contribution in [0.25, 0.3) is 11.3 Å². The van der Waals surface area contributed by atoms with Crippen molar-refractivity contribution in [2.45, 2.75) is 44.8 Å². The van der Waals surface area contributed by atoms with Crippen LogP contribution in [0.4, 0.5) is 13.2 Å². The van der Waals surface area contributed by atoms with Crippen LogP contribution in [-0.2, 0) is 6.18 Å². The lowest BCUT2D eigenvalue weighted by Crippen LogP contribution is -2.39. The van der Waals surface area contributed by atoms with Gasteiger partial charge in [0.1, 0.15) is 0 Å². The molecule has 1 aliphatic heterocycles. The van der Waals surface area contributed by atoms with Gasteiger partial charge in [-0.2, -0.15) is 13.2 Å². The summed E-state index contributed by atoms with van der Waals surface area (Å²) in [7, 11) is 0. The molecular weight excluding hydrogens is 327 g/mol. The fourth-order valence-corrected chi connectivity index (χ4v) is 3.29. The summed E-state index contributed by atoms with van der Waals surface area (Å²) >= 11 is 0. The highest BCUT2D eigenvalue weighted by atomic mass is 19.4. The van der Waals surface area contributed by atoms with Gasteiger partial charge < -0.3 is 4.90 Å². The minimum absolute atomic E-state index is 0.273. The second-order valence-corrected chi connectivity index (χ2v) is 6.84. The maximum Gasteiger partial charge on any atom is 0.416 e. The minimum atomic E-state index is -4.36. The molecule has 0 saturated carbocycles. The molecule has 0 aliphatic carbocycles. The van der Waals surface area contributed by atoms with Gasteiger partial charge in [0.05, 0.1) is 23.1 Å². The highest BCUT2D eigenvalue weighted by Crippen LogP contribution is 2.32. The standard InChI is InChI=1S/C19H22F3N3/c1-13(2)25-8-4-6-15(12-25)18-11-23-10-17(24-18)14-5-3-7-16(9-14)19(20,21)22/h3,5,7,9-11,13,15H,4,6,8,12H2,1-2H3/t15-/m1/s1. The third-order valence-electron chi connectivity index (χ3n) is 4.74. The lowest BCUT2D eigenvalue weighted by molar-refractivity contribution is -0.137. The molecule has 0 N–H and O–H groups in total. The van der Waals surface area contributed by atoms with Crippen molar-refractivity contribution in [2.75, 3.05) is 13.1 Å². The second-order valence-electron chi connectivity index (χ2n) is 6.84. The highest BCUT2D eigenvalue weighted by molar-refractivity contribution is 5.59. The van der Waals surface area contributed by atoms with E-state index >= 15 is 0 Å². The summed E-state index contributed by atoms with van der Waals surface area (Å²) in [6.45, 7) is 6.34. The molecule has 0 radical (unpaired) electrons. The summed E-state index contributed by atoms with van der Waals surface area (Å²) in [4.78, 5) is 11.3. The first-order valence-electron chi connectivity index (χ1n) is 8.58. The molecular formula is C19H22F3N3. The largest absolute Gasteiger partial charge is 0.416 e. The van der Waals surface area contributed by atoms with Gasteiger partial charge in [0.2, 0.25) is 0 Å². The van der Waals surface area contributed by atoms with Crippen LogP contribution in [0.2, 0.25) is 0 Å². The summed E-state index contributed by atoms with van der Waals surface area (Å²) in [6.07, 6.45) is 1.04. The van der Waals surface area contributed by atoms with Crippen LogP contribution >= 0.6 is 0 Å². The van der Waals surface area contributed by atoms with Crippen molar-refractivity contribution in [2.24, 2.45) is 0 Å². The Kier molecular flexibility index (Phi) is 5.08. The van der Waals surface area contributed by atoms with Gasteiger partial charge in [0.15, 0.2) is 0 Å². The number of benzene rings is 1. The Labute approximate surface area is 145 Å². The second kappa shape index (κ2) is 7.12. The molecule has 1 atom stereocenters. The van der Waals surface area contributed by atoms with Gasteiger partial charge in [-0.25, -0.2) is 4.98 Å². The van der Waals surface area contributed by atoms with Crippen LogP contribution in [-0.4, -0.2) is 34.0 Å². The van der Waals surface area contributed by atoms with E-state index in [1.807, 2.05) is 0 Å². The van der Waals surface area contributed by atoms with Gasteiger partial charge in [0.25, 0.3) is 0 Å². The number of aromatic nitrogens is 2. The van der Waals surface area contributed by atoms with Crippen LogP contribution in [0.1, 0.15) is 43.9 Å². The SMILES string of the molecule is CC(C)N1CCC[C@@H](c2cncc(-c3cccc(C(F)(F)F)c3)n2)C1. The summed E-state index contributed by atoms with van der Waals surface area (Å²) in [5.41, 5.74) is 1.13. The average molecular weight is 349 g/mol. The van der Waals surface area contributed by atoms with Gasteiger partial charge in [-0.3, -0.25) is 4.98 Å². The molecule has 0 unspecified atom stereocenters. The molecule has 0 spiro atoms. The summed E-state index contributed by atoms with van der Waals surface area (Å²) in [5, 5.41) is 0.